The van der Waals surface area contributed by atoms with Crippen molar-refractivity contribution in [2.24, 2.45) is 0 Å². The number of rotatable bonds is 6. The maximum absolute atomic E-state index is 14.3. The highest BCUT2D eigenvalue weighted by molar-refractivity contribution is 5.73. The smallest absolute Gasteiger partial charge is 0.490 e. The molecule has 12 heteroatoms. The number of aromatic nitrogens is 4. The topological polar surface area (TPSA) is 92.9 Å². The molecule has 206 valence electrons. The van der Waals surface area contributed by atoms with Crippen molar-refractivity contribution >= 4 is 11.7 Å². The number of hydrogen-bond donors (Lipinski definition) is 1. The van der Waals surface area contributed by atoms with Gasteiger partial charge in [-0.3, -0.25) is 9.30 Å². The van der Waals surface area contributed by atoms with E-state index in [0.717, 1.165) is 49.6 Å². The summed E-state index contributed by atoms with van der Waals surface area (Å²) in [6.45, 7) is 5.59. The maximum Gasteiger partial charge on any atom is 0.490 e. The third-order valence-electron chi connectivity index (χ3n) is 6.31. The number of carboxylic acid groups (broad SMARTS) is 1. The van der Waals surface area contributed by atoms with Gasteiger partial charge in [0.25, 0.3) is 5.78 Å². The van der Waals surface area contributed by atoms with E-state index in [4.69, 9.17) is 14.6 Å². The molecule has 1 saturated heterocycles. The Labute approximate surface area is 221 Å². The van der Waals surface area contributed by atoms with Crippen LogP contribution in [0, 0.1) is 5.82 Å². The van der Waals surface area contributed by atoms with Gasteiger partial charge in [-0.15, -0.1) is 10.2 Å². The molecule has 0 amide bonds. The van der Waals surface area contributed by atoms with Gasteiger partial charge in [0, 0.05) is 36.0 Å². The third kappa shape index (κ3) is 7.08. The second-order valence-electron chi connectivity index (χ2n) is 8.98. The standard InChI is InChI=1S/C25H26FN5O.C2HF3O2/c1-2-32-21-9-7-18(8-10-21)16-30-13-11-19(12-14-30)24-28-29-25-27-15-20(17-31(24)25)22-5-3-4-6-23(22)26;3-2(4,5)1(6)7/h3-10,15,17,19H,2,11-14,16H2,1H3;(H,6,7). The van der Waals surface area contributed by atoms with E-state index in [-0.39, 0.29) is 5.82 Å². The Morgan fingerprint density at radius 2 is 1.74 bits per heavy atom. The van der Waals surface area contributed by atoms with Gasteiger partial charge >= 0.3 is 12.1 Å². The minimum absolute atomic E-state index is 0.258. The number of carbonyl (C=O) groups is 1. The Bertz CT molecular complexity index is 1400. The molecule has 0 radical (unpaired) electrons. The summed E-state index contributed by atoms with van der Waals surface area (Å²) in [5.74, 6) is -0.335. The number of halogens is 4. The zero-order chi connectivity index (χ0) is 28.0. The van der Waals surface area contributed by atoms with Crippen LogP contribution in [-0.4, -0.2) is 61.4 Å². The van der Waals surface area contributed by atoms with E-state index in [1.165, 1.54) is 11.6 Å². The summed E-state index contributed by atoms with van der Waals surface area (Å²) in [6.07, 6.45) is 0.484. The molecule has 2 aromatic carbocycles. The van der Waals surface area contributed by atoms with Gasteiger partial charge in [0.2, 0.25) is 0 Å². The van der Waals surface area contributed by atoms with E-state index in [9.17, 15) is 17.6 Å². The number of fused-ring (bicyclic) bond motifs is 1. The van der Waals surface area contributed by atoms with Crippen LogP contribution in [0.3, 0.4) is 0 Å². The van der Waals surface area contributed by atoms with Crippen molar-refractivity contribution in [3.63, 3.8) is 0 Å². The number of benzene rings is 2. The van der Waals surface area contributed by atoms with Crippen LogP contribution in [0.1, 0.15) is 37.1 Å². The molecule has 0 spiro atoms. The van der Waals surface area contributed by atoms with Crippen LogP contribution >= 0.6 is 0 Å². The Hall–Kier alpha value is -4.06. The first-order chi connectivity index (χ1) is 18.7. The average Bonchev–Trinajstić information content (AvgIpc) is 3.34. The number of alkyl halides is 3. The lowest BCUT2D eigenvalue weighted by Crippen LogP contribution is -2.33. The van der Waals surface area contributed by atoms with Crippen LogP contribution in [0.15, 0.2) is 60.9 Å². The van der Waals surface area contributed by atoms with Gasteiger partial charge in [0.1, 0.15) is 17.4 Å². The Morgan fingerprint density at radius 1 is 1.08 bits per heavy atom. The van der Waals surface area contributed by atoms with E-state index in [2.05, 4.69) is 32.2 Å². The Balaban J connectivity index is 0.000000448. The number of ether oxygens (including phenoxy) is 1. The van der Waals surface area contributed by atoms with E-state index in [0.29, 0.717) is 23.9 Å². The first-order valence-electron chi connectivity index (χ1n) is 12.4. The SMILES string of the molecule is CCOc1ccc(CN2CCC(c3nnc4ncc(-c5ccccc5F)cn34)CC2)cc1.O=C(O)C(F)(F)F. The number of likely N-dealkylation sites (tertiary alicyclic amines) is 1. The summed E-state index contributed by atoms with van der Waals surface area (Å²) in [7, 11) is 0. The molecule has 5 rings (SSSR count). The van der Waals surface area contributed by atoms with Crippen molar-refractivity contribution in [1.29, 1.82) is 0 Å². The lowest BCUT2D eigenvalue weighted by molar-refractivity contribution is -0.192. The van der Waals surface area contributed by atoms with E-state index < -0.39 is 12.1 Å². The fraction of sp³-hybridized carbons (Fsp3) is 0.333. The molecule has 0 unspecified atom stereocenters. The molecule has 3 heterocycles. The maximum atomic E-state index is 14.3. The number of nitrogens with zero attached hydrogens (tertiary/aromatic N) is 5. The van der Waals surface area contributed by atoms with Crippen molar-refractivity contribution in [3.8, 4) is 16.9 Å². The van der Waals surface area contributed by atoms with Crippen molar-refractivity contribution in [2.75, 3.05) is 19.7 Å². The van der Waals surface area contributed by atoms with Crippen molar-refractivity contribution in [3.05, 3.63) is 78.1 Å². The fourth-order valence-corrected chi connectivity index (χ4v) is 4.38. The van der Waals surface area contributed by atoms with Crippen LogP contribution in [0.5, 0.6) is 5.75 Å². The molecule has 4 aromatic rings. The van der Waals surface area contributed by atoms with Crippen molar-refractivity contribution in [1.82, 2.24) is 24.5 Å². The highest BCUT2D eigenvalue weighted by Gasteiger charge is 2.38. The second-order valence-corrected chi connectivity index (χ2v) is 8.98. The lowest BCUT2D eigenvalue weighted by Gasteiger charge is -2.31. The number of carboxylic acids is 1. The zero-order valence-electron chi connectivity index (χ0n) is 21.1. The predicted octanol–water partition coefficient (Wildman–Crippen LogP) is 5.34. The molecule has 2 aromatic heterocycles. The largest absolute Gasteiger partial charge is 0.494 e. The summed E-state index contributed by atoms with van der Waals surface area (Å²) in [4.78, 5) is 15.8. The third-order valence-corrected chi connectivity index (χ3v) is 6.31. The number of piperidine rings is 1. The van der Waals surface area contributed by atoms with Crippen LogP contribution in [-0.2, 0) is 11.3 Å². The van der Waals surface area contributed by atoms with Crippen molar-refractivity contribution in [2.45, 2.75) is 38.4 Å². The molecule has 1 aliphatic heterocycles. The van der Waals surface area contributed by atoms with Crippen LogP contribution in [0.4, 0.5) is 17.6 Å². The molecule has 0 saturated carbocycles. The van der Waals surface area contributed by atoms with Gasteiger partial charge in [-0.05, 0) is 56.6 Å². The zero-order valence-corrected chi connectivity index (χ0v) is 21.1. The summed E-state index contributed by atoms with van der Waals surface area (Å²) in [5, 5.41) is 15.8. The minimum atomic E-state index is -5.08. The predicted molar refractivity (Wildman–Crippen MR) is 135 cm³/mol. The van der Waals surface area contributed by atoms with Crippen LogP contribution in [0.2, 0.25) is 0 Å². The molecule has 39 heavy (non-hydrogen) atoms. The van der Waals surface area contributed by atoms with Crippen LogP contribution < -0.4 is 4.74 Å². The van der Waals surface area contributed by atoms with Crippen molar-refractivity contribution < 1.29 is 32.2 Å². The average molecular weight is 546 g/mol. The Kier molecular flexibility index (Phi) is 8.75. The summed E-state index contributed by atoms with van der Waals surface area (Å²) < 4.78 is 53.4. The monoisotopic (exact) mass is 545 g/mol. The van der Waals surface area contributed by atoms with Gasteiger partial charge in [-0.25, -0.2) is 14.2 Å². The normalized spacial score (nSPS) is 14.6. The summed E-state index contributed by atoms with van der Waals surface area (Å²) in [6, 6.07) is 15.1. The van der Waals surface area contributed by atoms with E-state index in [1.54, 1.807) is 18.3 Å². The molecular formula is C27H27F4N5O3. The number of hydrogen-bond acceptors (Lipinski definition) is 6. The number of aliphatic carboxylic acids is 1. The van der Waals surface area contributed by atoms with Gasteiger partial charge in [-0.2, -0.15) is 13.2 Å². The fourth-order valence-electron chi connectivity index (χ4n) is 4.38. The first-order valence-corrected chi connectivity index (χ1v) is 12.4. The van der Waals surface area contributed by atoms with Gasteiger partial charge in [0.05, 0.1) is 6.61 Å². The summed E-state index contributed by atoms with van der Waals surface area (Å²) in [5.41, 5.74) is 2.55. The van der Waals surface area contributed by atoms with E-state index >= 15 is 0 Å². The molecule has 1 aliphatic rings. The highest BCUT2D eigenvalue weighted by atomic mass is 19.4. The molecule has 0 bridgehead atoms. The second kappa shape index (κ2) is 12.2. The quantitative estimate of drug-likeness (QED) is 0.327. The van der Waals surface area contributed by atoms with Crippen LogP contribution in [0.25, 0.3) is 16.9 Å². The molecular weight excluding hydrogens is 518 g/mol. The molecule has 0 atom stereocenters. The first kappa shape index (κ1) is 28.0. The molecule has 1 N–H and O–H groups in total. The molecule has 8 nitrogen and oxygen atoms in total. The molecule has 0 aliphatic carbocycles. The van der Waals surface area contributed by atoms with Gasteiger partial charge in [0.15, 0.2) is 0 Å². The van der Waals surface area contributed by atoms with E-state index in [1.807, 2.05) is 35.7 Å². The highest BCUT2D eigenvalue weighted by Crippen LogP contribution is 2.29. The van der Waals surface area contributed by atoms with Gasteiger partial charge in [-0.1, -0.05) is 30.3 Å². The lowest BCUT2D eigenvalue weighted by atomic mass is 9.95. The summed E-state index contributed by atoms with van der Waals surface area (Å²) >= 11 is 0. The Morgan fingerprint density at radius 3 is 2.36 bits per heavy atom. The minimum Gasteiger partial charge on any atom is -0.494 e. The van der Waals surface area contributed by atoms with Gasteiger partial charge < -0.3 is 9.84 Å². The molecule has 1 fully saturated rings.